The van der Waals surface area contributed by atoms with Crippen LogP contribution in [0, 0.1) is 0 Å². The van der Waals surface area contributed by atoms with Gasteiger partial charge in [-0.2, -0.15) is 0 Å². The monoisotopic (exact) mass is 769 g/mol. The molecule has 0 aromatic carbocycles. The first-order chi connectivity index (χ1) is 25.9. The molecule has 14 heteroatoms. The van der Waals surface area contributed by atoms with Crippen LogP contribution in [-0.4, -0.2) is 81.5 Å². The number of carbonyl (C=O) groups excluding carboxylic acids is 4. The summed E-state index contributed by atoms with van der Waals surface area (Å²) in [5.41, 5.74) is 0. The van der Waals surface area contributed by atoms with Crippen molar-refractivity contribution in [3.63, 3.8) is 0 Å². The molecule has 0 aromatic heterocycles. The number of rotatable bonds is 37. The first kappa shape index (κ1) is 50.3. The first-order valence-corrected chi connectivity index (χ1v) is 20.7. The Balaban J connectivity index is 4.31. The maximum atomic E-state index is 12.5. The van der Waals surface area contributed by atoms with Gasteiger partial charge in [-0.15, -0.1) is 0 Å². The van der Waals surface area contributed by atoms with Crippen molar-refractivity contribution in [2.45, 2.75) is 205 Å². The maximum Gasteiger partial charge on any atom is 0.326 e. The molecule has 0 bridgehead atoms. The number of carboxylic acid groups (broad SMARTS) is 3. The Morgan fingerprint density at radius 1 is 0.370 bits per heavy atom. The van der Waals surface area contributed by atoms with Crippen molar-refractivity contribution in [3.8, 4) is 0 Å². The lowest BCUT2D eigenvalue weighted by molar-refractivity contribution is -0.143. The summed E-state index contributed by atoms with van der Waals surface area (Å²) in [7, 11) is 0. The van der Waals surface area contributed by atoms with Gasteiger partial charge >= 0.3 is 17.9 Å². The fourth-order valence-corrected chi connectivity index (χ4v) is 6.10. The summed E-state index contributed by atoms with van der Waals surface area (Å²) in [6, 6.07) is -3.65. The summed E-state index contributed by atoms with van der Waals surface area (Å²) in [4.78, 5) is 84.3. The van der Waals surface area contributed by atoms with E-state index in [-0.39, 0.29) is 57.4 Å². The van der Waals surface area contributed by atoms with Crippen LogP contribution in [0.4, 0.5) is 0 Å². The lowest BCUT2D eigenvalue weighted by Gasteiger charge is -2.17. The first-order valence-electron chi connectivity index (χ1n) is 20.7. The average Bonchev–Trinajstić information content (AvgIpc) is 3.12. The van der Waals surface area contributed by atoms with E-state index in [1.807, 2.05) is 0 Å². The second-order valence-electron chi connectivity index (χ2n) is 14.5. The van der Waals surface area contributed by atoms with E-state index in [4.69, 9.17) is 0 Å². The van der Waals surface area contributed by atoms with Crippen molar-refractivity contribution in [2.24, 2.45) is 0 Å². The van der Waals surface area contributed by atoms with Gasteiger partial charge in [0.25, 0.3) is 0 Å². The van der Waals surface area contributed by atoms with E-state index in [0.717, 1.165) is 38.5 Å². The molecule has 0 fully saturated rings. The van der Waals surface area contributed by atoms with Crippen LogP contribution in [0.1, 0.15) is 187 Å². The number of carboxylic acids is 3. The number of amides is 4. The lowest BCUT2D eigenvalue weighted by atomic mass is 10.1. The van der Waals surface area contributed by atoms with Crippen molar-refractivity contribution in [2.75, 3.05) is 6.54 Å². The van der Waals surface area contributed by atoms with Crippen LogP contribution >= 0.6 is 0 Å². The van der Waals surface area contributed by atoms with Crippen molar-refractivity contribution < 1.29 is 48.9 Å². The van der Waals surface area contributed by atoms with E-state index >= 15 is 0 Å². The third-order valence-corrected chi connectivity index (χ3v) is 9.48. The third-order valence-electron chi connectivity index (χ3n) is 9.48. The Kier molecular flexibility index (Phi) is 31.5. The minimum absolute atomic E-state index is 0.0660. The topological polar surface area (TPSA) is 228 Å². The molecule has 0 aliphatic rings. The van der Waals surface area contributed by atoms with Crippen molar-refractivity contribution in [3.05, 3.63) is 0 Å². The molecule has 0 saturated heterocycles. The predicted octanol–water partition coefficient (Wildman–Crippen LogP) is 6.38. The van der Waals surface area contributed by atoms with Crippen LogP contribution in [0.5, 0.6) is 0 Å². The summed E-state index contributed by atoms with van der Waals surface area (Å²) in [6.07, 6.45) is 20.3. The predicted molar refractivity (Wildman–Crippen MR) is 208 cm³/mol. The molecule has 0 heterocycles. The molecule has 7 N–H and O–H groups in total. The highest BCUT2D eigenvalue weighted by Crippen LogP contribution is 2.12. The summed E-state index contributed by atoms with van der Waals surface area (Å²) in [5.74, 6) is -5.52. The Labute approximate surface area is 323 Å². The molecule has 0 rings (SSSR count). The molecule has 0 radical (unpaired) electrons. The largest absolute Gasteiger partial charge is 0.480 e. The van der Waals surface area contributed by atoms with E-state index in [1.54, 1.807) is 0 Å². The maximum absolute atomic E-state index is 12.5. The van der Waals surface area contributed by atoms with Gasteiger partial charge in [0.15, 0.2) is 0 Å². The summed E-state index contributed by atoms with van der Waals surface area (Å²) in [6.45, 7) is 4.57. The summed E-state index contributed by atoms with van der Waals surface area (Å²) in [5, 5.41) is 38.6. The van der Waals surface area contributed by atoms with Crippen LogP contribution in [-0.2, 0) is 33.6 Å². The zero-order chi connectivity index (χ0) is 40.4. The van der Waals surface area contributed by atoms with Gasteiger partial charge in [-0.05, 0) is 44.9 Å². The Hall–Kier alpha value is -3.71. The van der Waals surface area contributed by atoms with Gasteiger partial charge in [0.05, 0.1) is 0 Å². The number of hydrogen-bond acceptors (Lipinski definition) is 7. The molecular weight excluding hydrogens is 696 g/mol. The number of carbonyl (C=O) groups is 7. The third kappa shape index (κ3) is 29.7. The van der Waals surface area contributed by atoms with Gasteiger partial charge in [0, 0.05) is 32.2 Å². The van der Waals surface area contributed by atoms with E-state index in [2.05, 4.69) is 35.1 Å². The second-order valence-corrected chi connectivity index (χ2v) is 14.5. The zero-order valence-corrected chi connectivity index (χ0v) is 33.2. The second kappa shape index (κ2) is 33.8. The molecule has 0 aliphatic heterocycles. The molecule has 312 valence electrons. The minimum atomic E-state index is -1.27. The molecule has 0 spiro atoms. The standard InChI is InChI=1S/C40H72N4O10/c1-3-5-7-9-11-13-15-17-19-24-35(46)43-32(39(51)52)26-28-34(45)41-30-22-21-23-31(38(49)50)42-37(48)29-27-33(40(53)54)44-36(47)25-20-18-16-14-12-10-8-6-4-2/h31-33H,3-30H2,1-2H3,(H,41,45)(H,42,48)(H,43,46)(H,44,47)(H,49,50)(H,51,52)(H,53,54)/t31-,32-,33-/m0/s1. The molecule has 0 unspecified atom stereocenters. The van der Waals surface area contributed by atoms with Crippen molar-refractivity contribution >= 4 is 41.5 Å². The van der Waals surface area contributed by atoms with Gasteiger partial charge < -0.3 is 36.6 Å². The lowest BCUT2D eigenvalue weighted by Crippen LogP contribution is -2.44. The Morgan fingerprint density at radius 3 is 1.06 bits per heavy atom. The quantitative estimate of drug-likeness (QED) is 0.0345. The fraction of sp³-hybridized carbons (Fsp3) is 0.825. The van der Waals surface area contributed by atoms with Crippen LogP contribution < -0.4 is 21.3 Å². The highest BCUT2D eigenvalue weighted by molar-refractivity contribution is 5.86. The molecule has 54 heavy (non-hydrogen) atoms. The molecule has 4 amide bonds. The Bertz CT molecular complexity index is 1090. The normalized spacial score (nSPS) is 12.6. The summed E-state index contributed by atoms with van der Waals surface area (Å²) >= 11 is 0. The number of hydrogen-bond donors (Lipinski definition) is 7. The van der Waals surface area contributed by atoms with E-state index in [1.165, 1.54) is 64.2 Å². The van der Waals surface area contributed by atoms with Crippen molar-refractivity contribution in [1.82, 2.24) is 21.3 Å². The molecule has 14 nitrogen and oxygen atoms in total. The van der Waals surface area contributed by atoms with Gasteiger partial charge in [-0.1, -0.05) is 117 Å². The molecule has 0 aliphatic carbocycles. The fourth-order valence-electron chi connectivity index (χ4n) is 6.10. The summed E-state index contributed by atoms with van der Waals surface area (Å²) < 4.78 is 0. The van der Waals surface area contributed by atoms with Gasteiger partial charge in [0.1, 0.15) is 18.1 Å². The number of aliphatic carboxylic acids is 3. The van der Waals surface area contributed by atoms with Gasteiger partial charge in [0.2, 0.25) is 23.6 Å². The van der Waals surface area contributed by atoms with E-state index in [0.29, 0.717) is 25.7 Å². The highest BCUT2D eigenvalue weighted by Gasteiger charge is 2.24. The minimum Gasteiger partial charge on any atom is -0.480 e. The van der Waals surface area contributed by atoms with E-state index in [9.17, 15) is 48.9 Å². The molecule has 3 atom stereocenters. The van der Waals surface area contributed by atoms with Crippen LogP contribution in [0.15, 0.2) is 0 Å². The molecule has 0 aromatic rings. The Morgan fingerprint density at radius 2 is 0.685 bits per heavy atom. The van der Waals surface area contributed by atoms with Crippen molar-refractivity contribution in [1.29, 1.82) is 0 Å². The zero-order valence-electron chi connectivity index (χ0n) is 33.2. The average molecular weight is 769 g/mol. The van der Waals surface area contributed by atoms with Gasteiger partial charge in [-0.3, -0.25) is 19.2 Å². The number of unbranched alkanes of at least 4 members (excludes halogenated alkanes) is 17. The smallest absolute Gasteiger partial charge is 0.326 e. The number of nitrogens with one attached hydrogen (secondary N) is 4. The van der Waals surface area contributed by atoms with Crippen LogP contribution in [0.2, 0.25) is 0 Å². The van der Waals surface area contributed by atoms with Gasteiger partial charge in [-0.25, -0.2) is 14.4 Å². The van der Waals surface area contributed by atoms with E-state index < -0.39 is 53.8 Å². The van der Waals surface area contributed by atoms with Crippen LogP contribution in [0.25, 0.3) is 0 Å². The van der Waals surface area contributed by atoms with Crippen LogP contribution in [0.3, 0.4) is 0 Å². The SMILES string of the molecule is CCCCCCCCCCCC(=O)N[C@@H](CCC(=O)NCCCC[C@H](NC(=O)CC[C@H](NC(=O)CCCCCCCCCCC)C(=O)O)C(=O)O)C(=O)O. The highest BCUT2D eigenvalue weighted by atomic mass is 16.4. The molecular formula is C40H72N4O10. The molecule has 0 saturated carbocycles.